The van der Waals surface area contributed by atoms with Crippen molar-refractivity contribution in [3.8, 4) is 22.9 Å². The first-order valence-corrected chi connectivity index (χ1v) is 9.76. The molecule has 1 atom stereocenters. The maximum Gasteiger partial charge on any atom is 0.161 e. The third-order valence-corrected chi connectivity index (χ3v) is 5.23. The van der Waals surface area contributed by atoms with E-state index in [0.29, 0.717) is 24.5 Å². The standard InChI is InChI=1S/C22H26N4O3/c1-14-9-15(2)23-12-18(14)22-24-21(25-26(22)17-7-8-29-13-17)11-16-5-6-19(27-3)20(10-16)28-4/h5-6,9-10,12,17H,7-8,11,13H2,1-4H3. The fourth-order valence-electron chi connectivity index (χ4n) is 3.70. The Morgan fingerprint density at radius 1 is 1.14 bits per heavy atom. The molecule has 1 aliphatic heterocycles. The molecule has 0 saturated carbocycles. The lowest BCUT2D eigenvalue weighted by molar-refractivity contribution is 0.184. The van der Waals surface area contributed by atoms with E-state index in [4.69, 9.17) is 24.3 Å². The minimum absolute atomic E-state index is 0.192. The lowest BCUT2D eigenvalue weighted by Crippen LogP contribution is -2.12. The van der Waals surface area contributed by atoms with Gasteiger partial charge < -0.3 is 14.2 Å². The van der Waals surface area contributed by atoms with Crippen LogP contribution in [0.2, 0.25) is 0 Å². The molecular formula is C22H26N4O3. The smallest absolute Gasteiger partial charge is 0.161 e. The summed E-state index contributed by atoms with van der Waals surface area (Å²) in [6.45, 7) is 5.49. The number of nitrogens with zero attached hydrogens (tertiary/aromatic N) is 4. The molecule has 3 heterocycles. The second kappa shape index (κ2) is 8.21. The zero-order chi connectivity index (χ0) is 20.4. The summed E-state index contributed by atoms with van der Waals surface area (Å²) in [5, 5.41) is 4.85. The Balaban J connectivity index is 1.71. The van der Waals surface area contributed by atoms with Crippen LogP contribution in [0.15, 0.2) is 30.5 Å². The van der Waals surface area contributed by atoms with Gasteiger partial charge in [0.05, 0.1) is 26.9 Å². The highest BCUT2D eigenvalue weighted by Crippen LogP contribution is 2.30. The molecule has 3 aromatic rings. The molecule has 1 aromatic carbocycles. The largest absolute Gasteiger partial charge is 0.493 e. The molecular weight excluding hydrogens is 368 g/mol. The zero-order valence-corrected chi connectivity index (χ0v) is 17.3. The van der Waals surface area contributed by atoms with Crippen molar-refractivity contribution >= 4 is 0 Å². The van der Waals surface area contributed by atoms with Gasteiger partial charge in [0.2, 0.25) is 0 Å². The van der Waals surface area contributed by atoms with E-state index in [1.807, 2.05) is 36.0 Å². The number of pyridine rings is 1. The highest BCUT2D eigenvalue weighted by molar-refractivity contribution is 5.59. The lowest BCUT2D eigenvalue weighted by Gasteiger charge is -2.12. The van der Waals surface area contributed by atoms with Gasteiger partial charge in [-0.15, -0.1) is 0 Å². The first-order chi connectivity index (χ1) is 14.1. The number of hydrogen-bond acceptors (Lipinski definition) is 6. The van der Waals surface area contributed by atoms with Crippen molar-refractivity contribution in [1.82, 2.24) is 19.7 Å². The summed E-state index contributed by atoms with van der Waals surface area (Å²) in [5.74, 6) is 3.02. The van der Waals surface area contributed by atoms with E-state index in [0.717, 1.165) is 47.1 Å². The first-order valence-electron chi connectivity index (χ1n) is 9.76. The van der Waals surface area contributed by atoms with Crippen molar-refractivity contribution in [2.24, 2.45) is 0 Å². The van der Waals surface area contributed by atoms with Crippen LogP contribution in [0.4, 0.5) is 0 Å². The van der Waals surface area contributed by atoms with Crippen LogP contribution in [0.3, 0.4) is 0 Å². The van der Waals surface area contributed by atoms with Crippen molar-refractivity contribution in [2.75, 3.05) is 27.4 Å². The van der Waals surface area contributed by atoms with Gasteiger partial charge in [0.15, 0.2) is 23.1 Å². The average molecular weight is 394 g/mol. The Bertz CT molecular complexity index is 1010. The number of aromatic nitrogens is 4. The van der Waals surface area contributed by atoms with Gasteiger partial charge in [0.25, 0.3) is 0 Å². The highest BCUT2D eigenvalue weighted by Gasteiger charge is 2.25. The minimum Gasteiger partial charge on any atom is -0.493 e. The van der Waals surface area contributed by atoms with Crippen molar-refractivity contribution in [3.63, 3.8) is 0 Å². The molecule has 0 radical (unpaired) electrons. The third kappa shape index (κ3) is 3.96. The van der Waals surface area contributed by atoms with Crippen LogP contribution < -0.4 is 9.47 Å². The van der Waals surface area contributed by atoms with Crippen LogP contribution >= 0.6 is 0 Å². The second-order valence-electron chi connectivity index (χ2n) is 7.32. The maximum atomic E-state index is 5.60. The molecule has 1 unspecified atom stereocenters. The third-order valence-electron chi connectivity index (χ3n) is 5.23. The molecule has 152 valence electrons. The Labute approximate surface area is 170 Å². The minimum atomic E-state index is 0.192. The number of hydrogen-bond donors (Lipinski definition) is 0. The van der Waals surface area contributed by atoms with E-state index in [2.05, 4.69) is 18.0 Å². The van der Waals surface area contributed by atoms with Crippen molar-refractivity contribution in [1.29, 1.82) is 0 Å². The molecule has 2 aromatic heterocycles. The Morgan fingerprint density at radius 2 is 1.97 bits per heavy atom. The maximum absolute atomic E-state index is 5.60. The summed E-state index contributed by atoms with van der Waals surface area (Å²) in [6, 6.07) is 8.16. The molecule has 0 amide bonds. The van der Waals surface area contributed by atoms with Gasteiger partial charge in [-0.2, -0.15) is 5.10 Å². The molecule has 0 spiro atoms. The van der Waals surface area contributed by atoms with Crippen molar-refractivity contribution in [3.05, 3.63) is 53.1 Å². The summed E-state index contributed by atoms with van der Waals surface area (Å²) >= 11 is 0. The Morgan fingerprint density at radius 3 is 2.66 bits per heavy atom. The number of aryl methyl sites for hydroxylation is 2. The molecule has 4 rings (SSSR count). The molecule has 1 aliphatic rings. The molecule has 0 bridgehead atoms. The van der Waals surface area contributed by atoms with Gasteiger partial charge in [-0.3, -0.25) is 4.98 Å². The summed E-state index contributed by atoms with van der Waals surface area (Å²) in [7, 11) is 3.27. The van der Waals surface area contributed by atoms with Gasteiger partial charge in [-0.05, 0) is 49.6 Å². The van der Waals surface area contributed by atoms with Crippen molar-refractivity contribution in [2.45, 2.75) is 32.7 Å². The van der Waals surface area contributed by atoms with E-state index >= 15 is 0 Å². The predicted octanol–water partition coefficient (Wildman–Crippen LogP) is 3.53. The van der Waals surface area contributed by atoms with Crippen LogP contribution in [-0.2, 0) is 11.2 Å². The summed E-state index contributed by atoms with van der Waals surface area (Å²) in [4.78, 5) is 9.37. The second-order valence-corrected chi connectivity index (χ2v) is 7.32. The van der Waals surface area contributed by atoms with Crippen LogP contribution in [0, 0.1) is 13.8 Å². The van der Waals surface area contributed by atoms with E-state index < -0.39 is 0 Å². The molecule has 1 saturated heterocycles. The van der Waals surface area contributed by atoms with E-state index in [-0.39, 0.29) is 6.04 Å². The van der Waals surface area contributed by atoms with E-state index in [1.165, 1.54) is 0 Å². The first kappa shape index (κ1) is 19.4. The molecule has 0 N–H and O–H groups in total. The van der Waals surface area contributed by atoms with Gasteiger partial charge in [-0.25, -0.2) is 9.67 Å². The van der Waals surface area contributed by atoms with Crippen LogP contribution in [-0.4, -0.2) is 47.2 Å². The van der Waals surface area contributed by atoms with E-state index in [1.54, 1.807) is 14.2 Å². The van der Waals surface area contributed by atoms with E-state index in [9.17, 15) is 0 Å². The molecule has 7 nitrogen and oxygen atoms in total. The van der Waals surface area contributed by atoms with Crippen LogP contribution in [0.25, 0.3) is 11.4 Å². The number of ether oxygens (including phenoxy) is 3. The molecule has 1 fully saturated rings. The van der Waals surface area contributed by atoms with Gasteiger partial charge in [0, 0.05) is 30.5 Å². The Kier molecular flexibility index (Phi) is 5.49. The van der Waals surface area contributed by atoms with Gasteiger partial charge in [-0.1, -0.05) is 6.07 Å². The SMILES string of the molecule is COc1ccc(Cc2nc(-c3cnc(C)cc3C)n(C3CCOC3)n2)cc1OC. The monoisotopic (exact) mass is 394 g/mol. The van der Waals surface area contributed by atoms with Crippen molar-refractivity contribution < 1.29 is 14.2 Å². The summed E-state index contributed by atoms with van der Waals surface area (Å²) < 4.78 is 18.4. The quantitative estimate of drug-likeness (QED) is 0.637. The van der Waals surface area contributed by atoms with Crippen LogP contribution in [0.5, 0.6) is 11.5 Å². The van der Waals surface area contributed by atoms with Gasteiger partial charge in [0.1, 0.15) is 0 Å². The molecule has 29 heavy (non-hydrogen) atoms. The average Bonchev–Trinajstić information content (AvgIpc) is 3.38. The number of rotatable bonds is 6. The zero-order valence-electron chi connectivity index (χ0n) is 17.3. The number of methoxy groups -OCH3 is 2. The lowest BCUT2D eigenvalue weighted by atomic mass is 10.1. The highest BCUT2D eigenvalue weighted by atomic mass is 16.5. The topological polar surface area (TPSA) is 71.3 Å². The fourth-order valence-corrected chi connectivity index (χ4v) is 3.70. The molecule has 7 heteroatoms. The Hall–Kier alpha value is -2.93. The van der Waals surface area contributed by atoms with Crippen LogP contribution in [0.1, 0.15) is 35.1 Å². The van der Waals surface area contributed by atoms with Gasteiger partial charge >= 0.3 is 0 Å². The molecule has 0 aliphatic carbocycles. The fraction of sp³-hybridized carbons (Fsp3) is 0.409. The number of benzene rings is 1. The predicted molar refractivity (Wildman–Crippen MR) is 110 cm³/mol. The summed E-state index contributed by atoms with van der Waals surface area (Å²) in [5.41, 5.74) is 4.20. The summed E-state index contributed by atoms with van der Waals surface area (Å²) in [6.07, 6.45) is 3.43. The normalized spacial score (nSPS) is 16.2.